The molecule has 17 nitrogen and oxygen atoms in total. The Morgan fingerprint density at radius 1 is 0.327 bits per heavy atom. The fourth-order valence-corrected chi connectivity index (χ4v) is 12.0. The number of hydrogen-bond donors (Lipinski definition) is 3. The Morgan fingerprint density at radius 3 is 0.969 bits per heavy atom. The van der Waals surface area contributed by atoms with E-state index in [-0.39, 0.29) is 26.2 Å². The molecule has 19 heteroatoms. The maximum atomic E-state index is 13.1. The van der Waals surface area contributed by atoms with E-state index in [0.29, 0.717) is 51.9 Å². The summed E-state index contributed by atoms with van der Waals surface area (Å²) < 4.78 is 70.5. The number of rotatable bonds is 79. The van der Waals surface area contributed by atoms with Gasteiger partial charge in [0.1, 0.15) is 37.2 Å². The van der Waals surface area contributed by atoms with Gasteiger partial charge in [0.15, 0.2) is 0 Å². The van der Waals surface area contributed by atoms with Gasteiger partial charge in [-0.1, -0.05) is 214 Å². The van der Waals surface area contributed by atoms with Gasteiger partial charge in [0, 0.05) is 45.5 Å². The number of allylic oxidation sites excluding steroid dienone is 14. The summed E-state index contributed by atoms with van der Waals surface area (Å²) in [6, 6.07) is 0. The number of aliphatic hydroxyl groups excluding tert-OH is 1. The van der Waals surface area contributed by atoms with Crippen LogP contribution < -0.4 is 0 Å². The second-order valence-electron chi connectivity index (χ2n) is 25.8. The lowest BCUT2D eigenvalue weighted by Crippen LogP contribution is -2.29. The number of carbonyl (C=O) groups excluding carboxylic acids is 4. The van der Waals surface area contributed by atoms with Crippen LogP contribution >= 0.6 is 15.6 Å². The minimum absolute atomic E-state index is 0.0785. The Hall–Kier alpha value is -3.28. The Morgan fingerprint density at radius 2 is 0.602 bits per heavy atom. The Labute approximate surface area is 595 Å². The number of aliphatic hydroxyl groups is 1. The molecule has 0 rings (SSSR count). The quantitative estimate of drug-likeness (QED) is 0.0169. The zero-order chi connectivity index (χ0) is 71.3. The standard InChI is InChI=1S/C79H140O17P2/c1-2-3-4-5-6-7-8-9-10-11-14-21-28-35-42-49-56-63-79(84)96-78(73-90-68-61-54-47-40-33-26-19-16-23-30-37-44-51-58-65-81)75-95-98(87,88)93-71-76(83)70-92-97(85,86)94-74-77(91-69-62-55-48-41-34-27-20-17-24-31-38-45-52-59-66-82)72-89-67-60-53-46-39-32-25-18-13-12-15-22-29-36-43-50-57-64-80/h6-7,9-10,12,14-17,19-21,35,42,64-66,76-78,83H,2-5,8,11,13,18,22-34,36-41,43-63,67-75H2,1H3,(H,85,86)(H,87,88)/b7-6-,10-9-,15-12-,19-16-,20-17-,21-14-,42-35-/t76-,77-,78-/m1/s1. The van der Waals surface area contributed by atoms with Crippen LogP contribution in [-0.4, -0.2) is 117 Å². The number of esters is 1. The van der Waals surface area contributed by atoms with E-state index in [9.17, 15) is 43.2 Å². The van der Waals surface area contributed by atoms with Gasteiger partial charge in [-0.3, -0.25) is 22.9 Å². The first-order chi connectivity index (χ1) is 48.0. The molecule has 3 N–H and O–H groups in total. The van der Waals surface area contributed by atoms with Crippen LogP contribution in [0.1, 0.15) is 315 Å². The maximum Gasteiger partial charge on any atom is 0.472 e. The van der Waals surface area contributed by atoms with Crippen LogP contribution in [0.4, 0.5) is 0 Å². The molecule has 0 amide bonds. The van der Waals surface area contributed by atoms with Crippen LogP contribution in [0.5, 0.6) is 0 Å². The second kappa shape index (κ2) is 76.4. The van der Waals surface area contributed by atoms with Gasteiger partial charge in [0.05, 0.1) is 39.6 Å². The van der Waals surface area contributed by atoms with Crippen molar-refractivity contribution in [3.8, 4) is 0 Å². The number of phosphoric ester groups is 2. The highest BCUT2D eigenvalue weighted by atomic mass is 31.2. The largest absolute Gasteiger partial charge is 0.472 e. The summed E-state index contributed by atoms with van der Waals surface area (Å²) in [5, 5.41) is 10.6. The summed E-state index contributed by atoms with van der Waals surface area (Å²) in [7, 11) is -9.59. The third-order valence-electron chi connectivity index (χ3n) is 16.3. The summed E-state index contributed by atoms with van der Waals surface area (Å²) in [6.07, 6.45) is 78.9. The van der Waals surface area contributed by atoms with Crippen molar-refractivity contribution in [1.82, 2.24) is 0 Å². The molecule has 0 spiro atoms. The summed E-state index contributed by atoms with van der Waals surface area (Å²) >= 11 is 0. The van der Waals surface area contributed by atoms with E-state index in [1.165, 1.54) is 57.8 Å². The first kappa shape index (κ1) is 94.7. The van der Waals surface area contributed by atoms with E-state index in [4.69, 9.17) is 37.0 Å². The zero-order valence-corrected chi connectivity index (χ0v) is 63.1. The number of carbonyl (C=O) groups is 4. The fraction of sp³-hybridized carbons (Fsp3) is 0.772. The molecule has 568 valence electrons. The van der Waals surface area contributed by atoms with Crippen molar-refractivity contribution in [2.75, 3.05) is 59.5 Å². The summed E-state index contributed by atoms with van der Waals surface area (Å²) in [5.74, 6) is -0.508. The molecule has 0 bridgehead atoms. The molecule has 0 radical (unpaired) electrons. The van der Waals surface area contributed by atoms with Gasteiger partial charge in [-0.25, -0.2) is 9.13 Å². The number of ether oxygens (including phenoxy) is 4. The zero-order valence-electron chi connectivity index (χ0n) is 61.3. The van der Waals surface area contributed by atoms with E-state index in [2.05, 4.69) is 85.9 Å². The molecule has 0 fully saturated rings. The normalized spacial score (nSPS) is 14.5. The molecule has 0 aromatic rings. The van der Waals surface area contributed by atoms with Crippen molar-refractivity contribution in [3.05, 3.63) is 85.1 Å². The first-order valence-corrected chi connectivity index (χ1v) is 41.7. The molecular formula is C79H140O17P2. The van der Waals surface area contributed by atoms with Crippen LogP contribution in [0.15, 0.2) is 85.1 Å². The molecule has 2 unspecified atom stereocenters. The molecule has 0 saturated heterocycles. The SMILES string of the molecule is CCCCC/C=C\C/C=C\C/C=C\C/C=C\CCCC(=O)O[C@H](COCCCCCCC/C=C\CCCCCCC=O)COP(=O)(O)OC[C@H](O)COP(=O)(O)OC[C@@H](COCCCCCCCCC/C=C\CCCCCCC=O)OCCCCCCC/C=C\CCCCCCC=O. The highest BCUT2D eigenvalue weighted by Crippen LogP contribution is 2.45. The summed E-state index contributed by atoms with van der Waals surface area (Å²) in [4.78, 5) is 65.7. The van der Waals surface area contributed by atoms with Crippen molar-refractivity contribution in [1.29, 1.82) is 0 Å². The van der Waals surface area contributed by atoms with Crippen molar-refractivity contribution in [3.63, 3.8) is 0 Å². The lowest BCUT2D eigenvalue weighted by atomic mass is 10.1. The molecule has 0 aliphatic heterocycles. The number of hydrogen-bond acceptors (Lipinski definition) is 15. The average molecular weight is 1420 g/mol. The number of phosphoric acid groups is 2. The van der Waals surface area contributed by atoms with Crippen LogP contribution in [0.3, 0.4) is 0 Å². The molecule has 0 saturated carbocycles. The van der Waals surface area contributed by atoms with Crippen LogP contribution in [0, 0.1) is 0 Å². The number of aldehydes is 3. The third kappa shape index (κ3) is 75.4. The van der Waals surface area contributed by atoms with Crippen molar-refractivity contribution in [2.24, 2.45) is 0 Å². The van der Waals surface area contributed by atoms with Crippen molar-refractivity contribution in [2.45, 2.75) is 333 Å². The van der Waals surface area contributed by atoms with Crippen molar-refractivity contribution >= 4 is 40.5 Å². The molecule has 0 aromatic heterocycles. The molecule has 98 heavy (non-hydrogen) atoms. The smallest absolute Gasteiger partial charge is 0.457 e. The Kier molecular flexibility index (Phi) is 73.8. The molecule has 0 heterocycles. The van der Waals surface area contributed by atoms with E-state index < -0.39 is 59.7 Å². The minimum Gasteiger partial charge on any atom is -0.457 e. The summed E-state index contributed by atoms with van der Waals surface area (Å²) in [6.45, 7) is 1.20. The monoisotopic (exact) mass is 1420 g/mol. The predicted molar refractivity (Wildman–Crippen MR) is 400 cm³/mol. The lowest BCUT2D eigenvalue weighted by Gasteiger charge is -2.21. The van der Waals surface area contributed by atoms with Gasteiger partial charge in [0.2, 0.25) is 0 Å². The Balaban J connectivity index is 5.19. The fourth-order valence-electron chi connectivity index (χ4n) is 10.4. The van der Waals surface area contributed by atoms with E-state index in [0.717, 1.165) is 231 Å². The van der Waals surface area contributed by atoms with Gasteiger partial charge in [-0.15, -0.1) is 0 Å². The topological polar surface area (TPSA) is 237 Å². The lowest BCUT2D eigenvalue weighted by molar-refractivity contribution is -0.154. The van der Waals surface area contributed by atoms with Crippen LogP contribution in [0.2, 0.25) is 0 Å². The van der Waals surface area contributed by atoms with Crippen molar-refractivity contribution < 1.29 is 80.2 Å². The van der Waals surface area contributed by atoms with E-state index >= 15 is 0 Å². The summed E-state index contributed by atoms with van der Waals surface area (Å²) in [5.41, 5.74) is 0. The maximum absolute atomic E-state index is 13.1. The second-order valence-corrected chi connectivity index (χ2v) is 28.7. The van der Waals surface area contributed by atoms with Gasteiger partial charge < -0.3 is 48.2 Å². The van der Waals surface area contributed by atoms with Crippen LogP contribution in [-0.2, 0) is 65.4 Å². The molecule has 5 atom stereocenters. The minimum atomic E-state index is -4.84. The van der Waals surface area contributed by atoms with Gasteiger partial charge in [0.25, 0.3) is 0 Å². The van der Waals surface area contributed by atoms with E-state index in [1.807, 2.05) is 6.08 Å². The van der Waals surface area contributed by atoms with E-state index in [1.54, 1.807) is 0 Å². The third-order valence-corrected chi connectivity index (χ3v) is 18.2. The number of unbranched alkanes of at least 4 members (excludes halogenated alkanes) is 36. The predicted octanol–water partition coefficient (Wildman–Crippen LogP) is 21.2. The molecular weight excluding hydrogens is 1280 g/mol. The van der Waals surface area contributed by atoms with Gasteiger partial charge >= 0.3 is 21.6 Å². The van der Waals surface area contributed by atoms with Gasteiger partial charge in [-0.05, 0) is 161 Å². The average Bonchev–Trinajstić information content (AvgIpc) is 1.36. The molecule has 0 aromatic carbocycles. The Bertz CT molecular complexity index is 2090. The van der Waals surface area contributed by atoms with Crippen LogP contribution in [0.25, 0.3) is 0 Å². The first-order valence-electron chi connectivity index (χ1n) is 38.7. The highest BCUT2D eigenvalue weighted by molar-refractivity contribution is 7.47. The molecule has 0 aliphatic carbocycles. The highest BCUT2D eigenvalue weighted by Gasteiger charge is 2.29. The van der Waals surface area contributed by atoms with Gasteiger partial charge in [-0.2, -0.15) is 0 Å². The molecule has 0 aliphatic rings.